The van der Waals surface area contributed by atoms with Gasteiger partial charge >= 0.3 is 0 Å². The van der Waals surface area contributed by atoms with E-state index in [1.165, 1.54) is 0 Å². The summed E-state index contributed by atoms with van der Waals surface area (Å²) in [5, 5.41) is 6.59. The van der Waals surface area contributed by atoms with Gasteiger partial charge in [0, 0.05) is 24.7 Å². The average molecular weight is 284 g/mol. The third-order valence-electron chi connectivity index (χ3n) is 3.89. The van der Waals surface area contributed by atoms with Crippen molar-refractivity contribution in [2.75, 3.05) is 17.7 Å². The molecule has 2 unspecified atom stereocenters. The van der Waals surface area contributed by atoms with Gasteiger partial charge in [0.1, 0.15) is 11.6 Å². The fourth-order valence-electron chi connectivity index (χ4n) is 2.09. The average Bonchev–Trinajstić information content (AvgIpc) is 2.54. The van der Waals surface area contributed by atoms with Crippen molar-refractivity contribution in [2.45, 2.75) is 33.2 Å². The molecule has 0 fully saturated rings. The molecular weight excluding hydrogens is 260 g/mol. The lowest BCUT2D eigenvalue weighted by molar-refractivity contribution is 0.493. The topological polar surface area (TPSA) is 49.8 Å². The van der Waals surface area contributed by atoms with Gasteiger partial charge in [-0.2, -0.15) is 0 Å². The molecule has 0 amide bonds. The third-order valence-corrected chi connectivity index (χ3v) is 3.89. The zero-order valence-corrected chi connectivity index (χ0v) is 13.2. The molecule has 0 saturated carbocycles. The Morgan fingerprint density at radius 1 is 1.05 bits per heavy atom. The van der Waals surface area contributed by atoms with Gasteiger partial charge in [-0.1, -0.05) is 50.6 Å². The van der Waals surface area contributed by atoms with Crippen LogP contribution in [0.15, 0.2) is 36.4 Å². The summed E-state index contributed by atoms with van der Waals surface area (Å²) < 4.78 is 0. The molecule has 0 saturated heterocycles. The maximum absolute atomic E-state index is 4.65. The first-order valence-corrected chi connectivity index (χ1v) is 7.52. The zero-order valence-electron chi connectivity index (χ0n) is 13.2. The highest BCUT2D eigenvalue weighted by atomic mass is 15.1. The van der Waals surface area contributed by atoms with Gasteiger partial charge in [0.05, 0.1) is 0 Å². The highest BCUT2D eigenvalue weighted by Gasteiger charge is 2.12. The Labute approximate surface area is 127 Å². The molecule has 0 aliphatic carbocycles. The minimum Gasteiger partial charge on any atom is -0.373 e. The summed E-state index contributed by atoms with van der Waals surface area (Å²) >= 11 is 0. The number of rotatable bonds is 6. The smallest absolute Gasteiger partial charge is 0.163 e. The molecule has 0 radical (unpaired) electrons. The monoisotopic (exact) mass is 284 g/mol. The highest BCUT2D eigenvalue weighted by Crippen LogP contribution is 2.21. The predicted molar refractivity (Wildman–Crippen MR) is 89.6 cm³/mol. The molecule has 0 aliphatic rings. The third kappa shape index (κ3) is 3.94. The summed E-state index contributed by atoms with van der Waals surface area (Å²) in [6.07, 6.45) is 1.14. The molecule has 1 aromatic heterocycles. The molecule has 0 spiro atoms. The van der Waals surface area contributed by atoms with E-state index in [9.17, 15) is 0 Å². The number of hydrogen-bond acceptors (Lipinski definition) is 4. The Kier molecular flexibility index (Phi) is 5.14. The molecule has 21 heavy (non-hydrogen) atoms. The van der Waals surface area contributed by atoms with E-state index in [2.05, 4.69) is 41.4 Å². The molecule has 4 heteroatoms. The first-order valence-electron chi connectivity index (χ1n) is 7.52. The van der Waals surface area contributed by atoms with Crippen molar-refractivity contribution in [3.63, 3.8) is 0 Å². The van der Waals surface area contributed by atoms with Gasteiger partial charge in [0.2, 0.25) is 0 Å². The molecule has 0 bridgehead atoms. The molecule has 4 nitrogen and oxygen atoms in total. The Morgan fingerprint density at radius 2 is 1.71 bits per heavy atom. The van der Waals surface area contributed by atoms with Crippen LogP contribution in [0.3, 0.4) is 0 Å². The molecular formula is C17H24N4. The van der Waals surface area contributed by atoms with E-state index in [1.54, 1.807) is 0 Å². The second kappa shape index (κ2) is 7.07. The van der Waals surface area contributed by atoms with E-state index in [4.69, 9.17) is 0 Å². The fourth-order valence-corrected chi connectivity index (χ4v) is 2.09. The molecule has 2 atom stereocenters. The zero-order chi connectivity index (χ0) is 15.2. The number of benzene rings is 1. The lowest BCUT2D eigenvalue weighted by atomic mass is 10.0. The summed E-state index contributed by atoms with van der Waals surface area (Å²) in [5.74, 6) is 3.02. The summed E-state index contributed by atoms with van der Waals surface area (Å²) in [4.78, 5) is 9.18. The van der Waals surface area contributed by atoms with Crippen LogP contribution in [0.5, 0.6) is 0 Å². The Balaban J connectivity index is 2.30. The Bertz CT molecular complexity index is 568. The number of hydrogen-bond donors (Lipinski definition) is 2. The second-order valence-electron chi connectivity index (χ2n) is 5.40. The molecule has 2 rings (SSSR count). The minimum atomic E-state index is 0.373. The quantitative estimate of drug-likeness (QED) is 0.840. The van der Waals surface area contributed by atoms with Crippen LogP contribution in [-0.4, -0.2) is 23.1 Å². The molecule has 1 heterocycles. The van der Waals surface area contributed by atoms with Crippen LogP contribution in [-0.2, 0) is 0 Å². The van der Waals surface area contributed by atoms with Crippen molar-refractivity contribution < 1.29 is 0 Å². The first-order chi connectivity index (χ1) is 10.1. The van der Waals surface area contributed by atoms with E-state index in [0.717, 1.165) is 29.4 Å². The number of nitrogens with one attached hydrogen (secondary N) is 2. The number of nitrogens with zero attached hydrogens (tertiary/aromatic N) is 2. The van der Waals surface area contributed by atoms with Crippen molar-refractivity contribution in [1.82, 2.24) is 9.97 Å². The van der Waals surface area contributed by atoms with Gasteiger partial charge in [0.15, 0.2) is 5.82 Å². The van der Waals surface area contributed by atoms with Crippen LogP contribution in [0.1, 0.15) is 27.2 Å². The summed E-state index contributed by atoms with van der Waals surface area (Å²) in [7, 11) is 1.87. The van der Waals surface area contributed by atoms with E-state index >= 15 is 0 Å². The van der Waals surface area contributed by atoms with Gasteiger partial charge < -0.3 is 10.6 Å². The van der Waals surface area contributed by atoms with Gasteiger partial charge in [-0.15, -0.1) is 0 Å². The minimum absolute atomic E-state index is 0.373. The van der Waals surface area contributed by atoms with Crippen LogP contribution in [0.4, 0.5) is 11.6 Å². The molecule has 2 N–H and O–H groups in total. The summed E-state index contributed by atoms with van der Waals surface area (Å²) in [6.45, 7) is 6.64. The van der Waals surface area contributed by atoms with Crippen LogP contribution >= 0.6 is 0 Å². The van der Waals surface area contributed by atoms with Gasteiger partial charge in [-0.25, -0.2) is 9.97 Å². The lowest BCUT2D eigenvalue weighted by Gasteiger charge is -2.21. The van der Waals surface area contributed by atoms with Crippen molar-refractivity contribution in [3.8, 4) is 11.4 Å². The van der Waals surface area contributed by atoms with Gasteiger partial charge in [-0.3, -0.25) is 0 Å². The van der Waals surface area contributed by atoms with Crippen LogP contribution in [0, 0.1) is 5.92 Å². The molecule has 0 aliphatic heterocycles. The number of aromatic nitrogens is 2. The largest absolute Gasteiger partial charge is 0.373 e. The maximum Gasteiger partial charge on any atom is 0.163 e. The van der Waals surface area contributed by atoms with Gasteiger partial charge in [-0.05, 0) is 12.8 Å². The van der Waals surface area contributed by atoms with E-state index in [-0.39, 0.29) is 0 Å². The molecule has 1 aromatic carbocycles. The van der Waals surface area contributed by atoms with Crippen molar-refractivity contribution in [1.29, 1.82) is 0 Å². The SMILES string of the molecule is CCC(C)C(C)Nc1cc(NC)nc(-c2ccccc2)n1. The Morgan fingerprint density at radius 3 is 2.33 bits per heavy atom. The highest BCUT2D eigenvalue weighted by molar-refractivity contribution is 5.61. The molecule has 2 aromatic rings. The fraction of sp³-hybridized carbons (Fsp3) is 0.412. The summed E-state index contributed by atoms with van der Waals surface area (Å²) in [6, 6.07) is 12.4. The lowest BCUT2D eigenvalue weighted by Crippen LogP contribution is -2.24. The van der Waals surface area contributed by atoms with E-state index < -0.39 is 0 Å². The standard InChI is InChI=1S/C17H24N4/c1-5-12(2)13(3)19-16-11-15(18-4)20-17(21-16)14-9-7-6-8-10-14/h6-13H,5H2,1-4H3,(H2,18,19,20,21). The molecule has 112 valence electrons. The predicted octanol–water partition coefficient (Wildman–Crippen LogP) is 4.03. The number of anilines is 2. The van der Waals surface area contributed by atoms with Crippen LogP contribution < -0.4 is 10.6 Å². The van der Waals surface area contributed by atoms with Gasteiger partial charge in [0.25, 0.3) is 0 Å². The van der Waals surface area contributed by atoms with Crippen molar-refractivity contribution in [2.24, 2.45) is 5.92 Å². The van der Waals surface area contributed by atoms with Crippen molar-refractivity contribution in [3.05, 3.63) is 36.4 Å². The van der Waals surface area contributed by atoms with Crippen molar-refractivity contribution >= 4 is 11.6 Å². The van der Waals surface area contributed by atoms with E-state index in [0.29, 0.717) is 12.0 Å². The normalized spacial score (nSPS) is 13.5. The second-order valence-corrected chi connectivity index (χ2v) is 5.40. The maximum atomic E-state index is 4.65. The first kappa shape index (κ1) is 15.3. The van der Waals surface area contributed by atoms with E-state index in [1.807, 2.05) is 43.4 Å². The summed E-state index contributed by atoms with van der Waals surface area (Å²) in [5.41, 5.74) is 1.02. The van der Waals surface area contributed by atoms with Crippen LogP contribution in [0.2, 0.25) is 0 Å². The van der Waals surface area contributed by atoms with Crippen LogP contribution in [0.25, 0.3) is 11.4 Å². The Hall–Kier alpha value is -2.10.